The maximum absolute atomic E-state index is 12.2. The average Bonchev–Trinajstić information content (AvgIpc) is 2.15. The van der Waals surface area contributed by atoms with Crippen LogP contribution < -0.4 is 0 Å². The highest BCUT2D eigenvalue weighted by molar-refractivity contribution is 6.32. The fraction of sp³-hybridized carbons (Fsp3) is 0.222. The van der Waals surface area contributed by atoms with Crippen molar-refractivity contribution in [2.45, 2.75) is 5.92 Å². The van der Waals surface area contributed by atoms with Gasteiger partial charge < -0.3 is 0 Å². The third-order valence-electron chi connectivity index (χ3n) is 1.83. The molecule has 0 saturated heterocycles. The zero-order valence-electron chi connectivity index (χ0n) is 7.24. The van der Waals surface area contributed by atoms with Gasteiger partial charge in [-0.2, -0.15) is 0 Å². The molecule has 0 fully saturated rings. The van der Waals surface area contributed by atoms with Gasteiger partial charge in [-0.1, -0.05) is 17.7 Å². The van der Waals surface area contributed by atoms with Crippen molar-refractivity contribution in [2.75, 3.05) is 6.67 Å². The molecule has 14 heavy (non-hydrogen) atoms. The van der Waals surface area contributed by atoms with Gasteiger partial charge in [-0.15, -0.1) is 0 Å². The summed E-state index contributed by atoms with van der Waals surface area (Å²) in [4.78, 5) is 9.82. The number of benzene rings is 1. The summed E-state index contributed by atoms with van der Waals surface area (Å²) in [6.07, 6.45) is 0. The highest BCUT2D eigenvalue weighted by Gasteiger charge is 2.14. The maximum Gasteiger partial charge on any atom is 0.287 e. The van der Waals surface area contributed by atoms with Gasteiger partial charge in [-0.25, -0.2) is 0 Å². The van der Waals surface area contributed by atoms with Gasteiger partial charge in [0.2, 0.25) is 0 Å². The van der Waals surface area contributed by atoms with Gasteiger partial charge in [-0.3, -0.25) is 14.5 Å². The quantitative estimate of drug-likeness (QED) is 0.576. The molecule has 0 bridgehead atoms. The molecule has 0 aliphatic rings. The van der Waals surface area contributed by atoms with E-state index in [-0.39, 0.29) is 10.7 Å². The molecule has 5 heteroatoms. The summed E-state index contributed by atoms with van der Waals surface area (Å²) in [5, 5.41) is 10.4. The molecule has 0 aliphatic heterocycles. The van der Waals surface area contributed by atoms with E-state index < -0.39 is 17.5 Å². The molecule has 75 valence electrons. The SMILES string of the molecule is [CH2]C(CF)c1ccc([N+](=O)[O-])c(Cl)c1. The van der Waals surface area contributed by atoms with Crippen LogP contribution in [0.5, 0.6) is 0 Å². The molecular weight excluding hydrogens is 209 g/mol. The molecule has 0 N–H and O–H groups in total. The molecule has 0 saturated carbocycles. The Labute approximate surface area is 85.6 Å². The molecule has 3 nitrogen and oxygen atoms in total. The van der Waals surface area contributed by atoms with E-state index in [0.29, 0.717) is 5.56 Å². The summed E-state index contributed by atoms with van der Waals surface area (Å²) >= 11 is 5.63. The van der Waals surface area contributed by atoms with Crippen molar-refractivity contribution in [3.8, 4) is 0 Å². The van der Waals surface area contributed by atoms with E-state index in [9.17, 15) is 14.5 Å². The minimum absolute atomic E-state index is 0.00889. The second-order valence-electron chi connectivity index (χ2n) is 2.82. The third-order valence-corrected chi connectivity index (χ3v) is 2.13. The van der Waals surface area contributed by atoms with Crippen molar-refractivity contribution >= 4 is 17.3 Å². The Morgan fingerprint density at radius 3 is 2.71 bits per heavy atom. The van der Waals surface area contributed by atoms with Crippen LogP contribution in [0.15, 0.2) is 18.2 Å². The average molecular weight is 217 g/mol. The first kappa shape index (κ1) is 10.9. The van der Waals surface area contributed by atoms with Gasteiger partial charge in [0.25, 0.3) is 5.69 Å². The molecule has 1 aromatic rings. The first-order chi connectivity index (χ1) is 6.56. The van der Waals surface area contributed by atoms with E-state index in [2.05, 4.69) is 6.92 Å². The lowest BCUT2D eigenvalue weighted by atomic mass is 10.0. The van der Waals surface area contributed by atoms with Gasteiger partial charge >= 0.3 is 0 Å². The van der Waals surface area contributed by atoms with Gasteiger partial charge in [0, 0.05) is 12.0 Å². The van der Waals surface area contributed by atoms with Crippen LogP contribution in [0.3, 0.4) is 0 Å². The lowest BCUT2D eigenvalue weighted by Crippen LogP contribution is -1.97. The molecule has 1 unspecified atom stereocenters. The maximum atomic E-state index is 12.2. The largest absolute Gasteiger partial charge is 0.287 e. The number of nitro groups is 1. The van der Waals surface area contributed by atoms with E-state index in [1.807, 2.05) is 0 Å². The van der Waals surface area contributed by atoms with Gasteiger partial charge in [-0.05, 0) is 18.6 Å². The van der Waals surface area contributed by atoms with Gasteiger partial charge in [0.15, 0.2) is 0 Å². The number of nitrogens with zero attached hydrogens (tertiary/aromatic N) is 1. The van der Waals surface area contributed by atoms with Crippen LogP contribution in [0, 0.1) is 17.0 Å². The Kier molecular flexibility index (Phi) is 3.41. The molecule has 1 aromatic carbocycles. The Hall–Kier alpha value is -1.16. The third kappa shape index (κ3) is 2.20. The summed E-state index contributed by atoms with van der Waals surface area (Å²) < 4.78 is 12.2. The molecular formula is C9H8ClFNO2. The standard InChI is InChI=1S/C9H8ClFNO2/c1-6(5-11)7-2-3-9(12(13)14)8(10)4-7/h2-4,6H,1,5H2. The van der Waals surface area contributed by atoms with Crippen molar-refractivity contribution in [2.24, 2.45) is 0 Å². The minimum atomic E-state index is -0.617. The van der Waals surface area contributed by atoms with E-state index in [4.69, 9.17) is 11.6 Å². The molecule has 0 aliphatic carbocycles. The summed E-state index contributed by atoms with van der Waals surface area (Å²) in [5.74, 6) is -0.534. The molecule has 0 aromatic heterocycles. The fourth-order valence-corrected chi connectivity index (χ4v) is 1.27. The predicted molar refractivity (Wildman–Crippen MR) is 52.2 cm³/mol. The van der Waals surface area contributed by atoms with E-state index in [1.54, 1.807) is 0 Å². The molecule has 1 rings (SSSR count). The van der Waals surface area contributed by atoms with E-state index in [1.165, 1.54) is 18.2 Å². The number of alkyl halides is 1. The lowest BCUT2D eigenvalue weighted by molar-refractivity contribution is -0.384. The molecule has 0 spiro atoms. The summed E-state index contributed by atoms with van der Waals surface area (Å²) in [6, 6.07) is 4.09. The summed E-state index contributed by atoms with van der Waals surface area (Å²) in [5.41, 5.74) is 0.379. The van der Waals surface area contributed by atoms with Crippen LogP contribution in [0.2, 0.25) is 5.02 Å². The second-order valence-corrected chi connectivity index (χ2v) is 3.23. The van der Waals surface area contributed by atoms with Crippen LogP contribution >= 0.6 is 11.6 Å². The number of rotatable bonds is 3. The van der Waals surface area contributed by atoms with Gasteiger partial charge in [0.05, 0.1) is 11.6 Å². The van der Waals surface area contributed by atoms with E-state index in [0.717, 1.165) is 0 Å². The van der Waals surface area contributed by atoms with Crippen molar-refractivity contribution in [3.05, 3.63) is 45.8 Å². The van der Waals surface area contributed by atoms with Crippen molar-refractivity contribution in [1.82, 2.24) is 0 Å². The molecule has 0 amide bonds. The zero-order valence-corrected chi connectivity index (χ0v) is 8.00. The Balaban J connectivity index is 3.06. The van der Waals surface area contributed by atoms with Crippen LogP contribution in [0.25, 0.3) is 0 Å². The number of nitro benzene ring substituents is 1. The number of hydrogen-bond acceptors (Lipinski definition) is 2. The first-order valence-corrected chi connectivity index (χ1v) is 4.27. The first-order valence-electron chi connectivity index (χ1n) is 3.89. The van der Waals surface area contributed by atoms with Crippen LogP contribution in [-0.2, 0) is 0 Å². The van der Waals surface area contributed by atoms with Crippen LogP contribution in [0.1, 0.15) is 11.5 Å². The number of halogens is 2. The predicted octanol–water partition coefficient (Wildman–Crippen LogP) is 3.14. The molecule has 1 atom stereocenters. The second kappa shape index (κ2) is 4.37. The Bertz CT molecular complexity index is 357. The van der Waals surface area contributed by atoms with Crippen molar-refractivity contribution in [1.29, 1.82) is 0 Å². The highest BCUT2D eigenvalue weighted by Crippen LogP contribution is 2.28. The molecule has 1 radical (unpaired) electrons. The van der Waals surface area contributed by atoms with E-state index >= 15 is 0 Å². The van der Waals surface area contributed by atoms with Crippen LogP contribution in [-0.4, -0.2) is 11.6 Å². The monoisotopic (exact) mass is 216 g/mol. The van der Waals surface area contributed by atoms with Crippen molar-refractivity contribution < 1.29 is 9.31 Å². The molecule has 0 heterocycles. The Morgan fingerprint density at radius 2 is 2.29 bits per heavy atom. The minimum Gasteiger partial charge on any atom is -0.258 e. The number of hydrogen-bond donors (Lipinski definition) is 0. The lowest BCUT2D eigenvalue weighted by Gasteiger charge is -2.06. The van der Waals surface area contributed by atoms with Gasteiger partial charge in [0.1, 0.15) is 5.02 Å². The van der Waals surface area contributed by atoms with Crippen molar-refractivity contribution in [3.63, 3.8) is 0 Å². The highest BCUT2D eigenvalue weighted by atomic mass is 35.5. The fourth-order valence-electron chi connectivity index (χ4n) is 1.01. The van der Waals surface area contributed by atoms with Crippen LogP contribution in [0.4, 0.5) is 10.1 Å². The Morgan fingerprint density at radius 1 is 1.64 bits per heavy atom. The zero-order chi connectivity index (χ0) is 10.7. The topological polar surface area (TPSA) is 43.1 Å². The summed E-state index contributed by atoms with van der Waals surface area (Å²) in [7, 11) is 0. The summed E-state index contributed by atoms with van der Waals surface area (Å²) in [6.45, 7) is 2.92. The smallest absolute Gasteiger partial charge is 0.258 e. The normalized spacial score (nSPS) is 12.5.